The van der Waals surface area contributed by atoms with Gasteiger partial charge in [0.1, 0.15) is 0 Å². The molecule has 0 bridgehead atoms. The summed E-state index contributed by atoms with van der Waals surface area (Å²) in [5, 5.41) is 12.0. The molecule has 1 saturated heterocycles. The van der Waals surface area contributed by atoms with Crippen molar-refractivity contribution >= 4 is 0 Å². The van der Waals surface area contributed by atoms with Crippen LogP contribution < -0.4 is 5.32 Å². The Morgan fingerprint density at radius 3 is 2.60 bits per heavy atom. The second kappa shape index (κ2) is 1.96. The summed E-state index contributed by atoms with van der Waals surface area (Å²) in [6.45, 7) is 2.25. The minimum absolute atomic E-state index is 0.398. The highest BCUT2D eigenvalue weighted by atomic mass is 14.9. The van der Waals surface area contributed by atoms with Crippen molar-refractivity contribution in [1.82, 2.24) is 5.32 Å². The molecular weight excluding hydrogens is 124 g/mol. The molecule has 0 radical (unpaired) electrons. The molecule has 1 aliphatic heterocycles. The minimum atomic E-state index is 0.398. The van der Waals surface area contributed by atoms with Crippen molar-refractivity contribution in [2.45, 2.75) is 19.3 Å². The van der Waals surface area contributed by atoms with Crippen LogP contribution in [0.15, 0.2) is 0 Å². The molecule has 1 heterocycles. The van der Waals surface area contributed by atoms with E-state index in [1.54, 1.807) is 0 Å². The second-order valence-electron chi connectivity index (χ2n) is 3.50. The smallest absolute Gasteiger partial charge is 0.0661 e. The summed E-state index contributed by atoms with van der Waals surface area (Å²) >= 11 is 0. The highest BCUT2D eigenvalue weighted by Crippen LogP contribution is 2.57. The number of hydrogen-bond donors (Lipinski definition) is 1. The highest BCUT2D eigenvalue weighted by Gasteiger charge is 2.54. The first-order valence-corrected chi connectivity index (χ1v) is 3.98. The van der Waals surface area contributed by atoms with Gasteiger partial charge >= 0.3 is 0 Å². The summed E-state index contributed by atoms with van der Waals surface area (Å²) in [5.74, 6) is 0.398. The lowest BCUT2D eigenvalue weighted by molar-refractivity contribution is 0.338. The zero-order valence-electron chi connectivity index (χ0n) is 6.06. The van der Waals surface area contributed by atoms with Gasteiger partial charge in [0.25, 0.3) is 0 Å². The van der Waals surface area contributed by atoms with E-state index in [9.17, 15) is 0 Å². The van der Waals surface area contributed by atoms with Crippen molar-refractivity contribution in [3.05, 3.63) is 0 Å². The van der Waals surface area contributed by atoms with E-state index in [1.165, 1.54) is 19.3 Å². The first-order chi connectivity index (χ1) is 4.87. The van der Waals surface area contributed by atoms with Crippen LogP contribution in [0.4, 0.5) is 0 Å². The van der Waals surface area contributed by atoms with Gasteiger partial charge in [0.05, 0.1) is 12.0 Å². The van der Waals surface area contributed by atoms with Crippen molar-refractivity contribution in [3.63, 3.8) is 0 Å². The minimum Gasteiger partial charge on any atom is -0.317 e. The summed E-state index contributed by atoms with van der Waals surface area (Å²) in [6.07, 6.45) is 3.63. The van der Waals surface area contributed by atoms with E-state index >= 15 is 0 Å². The molecule has 1 atom stereocenters. The third kappa shape index (κ3) is 0.741. The summed E-state index contributed by atoms with van der Waals surface area (Å²) < 4.78 is 0. The number of nitrogens with zero attached hydrogens (tertiary/aromatic N) is 1. The number of nitrogens with one attached hydrogen (secondary N) is 1. The normalized spacial score (nSPS) is 35.3. The molecule has 0 unspecified atom stereocenters. The van der Waals surface area contributed by atoms with Crippen LogP contribution >= 0.6 is 0 Å². The van der Waals surface area contributed by atoms with Gasteiger partial charge in [0, 0.05) is 0 Å². The summed E-state index contributed by atoms with van der Waals surface area (Å²) in [6, 6.07) is 2.37. The number of rotatable bonds is 0. The van der Waals surface area contributed by atoms with Crippen LogP contribution in [0.5, 0.6) is 0 Å². The number of nitriles is 1. The molecule has 10 heavy (non-hydrogen) atoms. The third-order valence-electron chi connectivity index (χ3n) is 2.94. The van der Waals surface area contributed by atoms with Crippen molar-refractivity contribution in [1.29, 1.82) is 5.26 Å². The lowest BCUT2D eigenvalue weighted by atomic mass is 9.92. The monoisotopic (exact) mass is 136 g/mol. The predicted octanol–water partition coefficient (Wildman–Crippen LogP) is 0.900. The van der Waals surface area contributed by atoms with Crippen molar-refractivity contribution < 1.29 is 0 Å². The summed E-state index contributed by atoms with van der Waals surface area (Å²) in [4.78, 5) is 0. The Balaban J connectivity index is 1.99. The van der Waals surface area contributed by atoms with Crippen molar-refractivity contribution in [2.75, 3.05) is 13.1 Å². The van der Waals surface area contributed by atoms with Gasteiger partial charge in [-0.2, -0.15) is 5.26 Å². The Bertz CT molecular complexity index is 174. The molecule has 0 aromatic heterocycles. The van der Waals surface area contributed by atoms with E-state index in [0.717, 1.165) is 13.1 Å². The summed E-state index contributed by atoms with van der Waals surface area (Å²) in [7, 11) is 0. The fraction of sp³-hybridized carbons (Fsp3) is 0.875. The Morgan fingerprint density at radius 2 is 2.10 bits per heavy atom. The maximum Gasteiger partial charge on any atom is 0.0661 e. The molecule has 2 nitrogen and oxygen atoms in total. The maximum atomic E-state index is 8.65. The molecule has 0 aromatic rings. The molecule has 1 spiro atoms. The lowest BCUT2D eigenvalue weighted by Crippen LogP contribution is -2.29. The molecule has 54 valence electrons. The van der Waals surface area contributed by atoms with E-state index < -0.39 is 0 Å². The van der Waals surface area contributed by atoms with Gasteiger partial charge in [-0.05, 0) is 37.8 Å². The molecule has 2 fully saturated rings. The van der Waals surface area contributed by atoms with E-state index in [-0.39, 0.29) is 0 Å². The SMILES string of the molecule is N#C[C@H]1CC12CCNCC2. The fourth-order valence-electron chi connectivity index (χ4n) is 2.01. The fourth-order valence-corrected chi connectivity index (χ4v) is 2.01. The molecular formula is C8H12N2. The Hall–Kier alpha value is -0.550. The zero-order chi connectivity index (χ0) is 7.03. The van der Waals surface area contributed by atoms with E-state index in [4.69, 9.17) is 5.26 Å². The van der Waals surface area contributed by atoms with Crippen LogP contribution in [0.1, 0.15) is 19.3 Å². The van der Waals surface area contributed by atoms with Crippen molar-refractivity contribution in [3.8, 4) is 6.07 Å². The molecule has 1 N–H and O–H groups in total. The van der Waals surface area contributed by atoms with Gasteiger partial charge in [-0.3, -0.25) is 0 Å². The molecule has 0 aromatic carbocycles. The second-order valence-corrected chi connectivity index (χ2v) is 3.50. The van der Waals surface area contributed by atoms with Gasteiger partial charge in [-0.25, -0.2) is 0 Å². The van der Waals surface area contributed by atoms with Crippen LogP contribution in [0.25, 0.3) is 0 Å². The van der Waals surface area contributed by atoms with Crippen LogP contribution in [0, 0.1) is 22.7 Å². The predicted molar refractivity (Wildman–Crippen MR) is 38.3 cm³/mol. The zero-order valence-corrected chi connectivity index (χ0v) is 6.06. The van der Waals surface area contributed by atoms with Crippen LogP contribution in [-0.4, -0.2) is 13.1 Å². The maximum absolute atomic E-state index is 8.65. The van der Waals surface area contributed by atoms with E-state index in [0.29, 0.717) is 11.3 Å². The molecule has 2 rings (SSSR count). The standard InChI is InChI=1S/C8H12N2/c9-6-7-5-8(7)1-3-10-4-2-8/h7,10H,1-5H2/t7-/m1/s1. The van der Waals surface area contributed by atoms with Gasteiger partial charge in [-0.15, -0.1) is 0 Å². The van der Waals surface area contributed by atoms with Crippen LogP contribution in [0.2, 0.25) is 0 Å². The average molecular weight is 136 g/mol. The molecule has 1 saturated carbocycles. The number of piperidine rings is 1. The molecule has 0 amide bonds. The molecule has 2 heteroatoms. The van der Waals surface area contributed by atoms with Gasteiger partial charge in [0.15, 0.2) is 0 Å². The third-order valence-corrected chi connectivity index (χ3v) is 2.94. The Labute approximate surface area is 61.2 Å². The van der Waals surface area contributed by atoms with Gasteiger partial charge in [0.2, 0.25) is 0 Å². The largest absolute Gasteiger partial charge is 0.317 e. The Kier molecular flexibility index (Phi) is 1.21. The quantitative estimate of drug-likeness (QED) is 0.537. The van der Waals surface area contributed by atoms with E-state index in [2.05, 4.69) is 11.4 Å². The van der Waals surface area contributed by atoms with Gasteiger partial charge < -0.3 is 5.32 Å². The van der Waals surface area contributed by atoms with Crippen LogP contribution in [-0.2, 0) is 0 Å². The lowest BCUT2D eigenvalue weighted by Gasteiger charge is -2.21. The number of hydrogen-bond acceptors (Lipinski definition) is 2. The van der Waals surface area contributed by atoms with Crippen molar-refractivity contribution in [2.24, 2.45) is 11.3 Å². The molecule has 2 aliphatic rings. The summed E-state index contributed by atoms with van der Waals surface area (Å²) in [5.41, 5.74) is 0.472. The topological polar surface area (TPSA) is 35.8 Å². The average Bonchev–Trinajstić information content (AvgIpc) is 2.65. The van der Waals surface area contributed by atoms with Gasteiger partial charge in [-0.1, -0.05) is 0 Å². The highest BCUT2D eigenvalue weighted by molar-refractivity contribution is 5.13. The van der Waals surface area contributed by atoms with Crippen LogP contribution in [0.3, 0.4) is 0 Å². The van der Waals surface area contributed by atoms with E-state index in [1.807, 2.05) is 0 Å². The first-order valence-electron chi connectivity index (χ1n) is 3.98. The Morgan fingerprint density at radius 1 is 1.40 bits per heavy atom. The molecule has 1 aliphatic carbocycles. The first kappa shape index (κ1) is 6.18.